The van der Waals surface area contributed by atoms with Crippen LogP contribution >= 0.6 is 0 Å². The molecule has 2 N–H and O–H groups in total. The van der Waals surface area contributed by atoms with Crippen molar-refractivity contribution in [3.05, 3.63) is 42.3 Å². The molecule has 0 bridgehead atoms. The van der Waals surface area contributed by atoms with Crippen molar-refractivity contribution in [2.45, 2.75) is 19.9 Å². The average Bonchev–Trinajstić information content (AvgIpc) is 2.82. The van der Waals surface area contributed by atoms with Crippen LogP contribution in [0.2, 0.25) is 0 Å². The molecule has 102 valence electrons. The van der Waals surface area contributed by atoms with Crippen LogP contribution in [0.15, 0.2) is 36.5 Å². The predicted octanol–water partition coefficient (Wildman–Crippen LogP) is 3.23. The highest BCUT2D eigenvalue weighted by Crippen LogP contribution is 2.26. The Hall–Kier alpha value is -2.43. The molecule has 0 radical (unpaired) electrons. The van der Waals surface area contributed by atoms with Crippen LogP contribution in [-0.2, 0) is 6.54 Å². The van der Waals surface area contributed by atoms with Gasteiger partial charge in [-0.25, -0.2) is 14.4 Å². The first-order chi connectivity index (χ1) is 9.70. The Balaban J connectivity index is 2.23. The number of benzene rings is 1. The Labute approximate surface area is 116 Å². The number of fused-ring (bicyclic) bond motifs is 1. The van der Waals surface area contributed by atoms with Gasteiger partial charge in [-0.05, 0) is 36.8 Å². The summed E-state index contributed by atoms with van der Waals surface area (Å²) in [5.74, 6) is 0.359. The van der Waals surface area contributed by atoms with Crippen LogP contribution in [0.1, 0.15) is 13.3 Å². The molecule has 0 saturated carbocycles. The molecule has 0 aliphatic heterocycles. The Bertz CT molecular complexity index is 764. The quantitative estimate of drug-likeness (QED) is 0.743. The first-order valence-electron chi connectivity index (χ1n) is 6.57. The Morgan fingerprint density at radius 3 is 2.90 bits per heavy atom. The second kappa shape index (κ2) is 4.92. The van der Waals surface area contributed by atoms with Gasteiger partial charge in [0.25, 0.3) is 0 Å². The van der Waals surface area contributed by atoms with Crippen LogP contribution in [0.3, 0.4) is 0 Å². The van der Waals surface area contributed by atoms with Crippen molar-refractivity contribution in [1.29, 1.82) is 0 Å². The van der Waals surface area contributed by atoms with Gasteiger partial charge in [-0.3, -0.25) is 0 Å². The van der Waals surface area contributed by atoms with Gasteiger partial charge >= 0.3 is 0 Å². The third-order valence-corrected chi connectivity index (χ3v) is 3.21. The second-order valence-corrected chi connectivity index (χ2v) is 4.67. The van der Waals surface area contributed by atoms with Crippen LogP contribution in [-0.4, -0.2) is 14.5 Å². The number of nitrogens with zero attached hydrogens (tertiary/aromatic N) is 3. The molecule has 0 amide bonds. The van der Waals surface area contributed by atoms with Crippen molar-refractivity contribution in [2.24, 2.45) is 0 Å². The minimum atomic E-state index is -0.412. The minimum Gasteiger partial charge on any atom is -0.396 e. The number of hydrogen-bond acceptors (Lipinski definition) is 3. The molecule has 0 saturated heterocycles. The highest BCUT2D eigenvalue weighted by molar-refractivity contribution is 5.77. The van der Waals surface area contributed by atoms with Crippen molar-refractivity contribution >= 4 is 16.9 Å². The number of rotatable bonds is 3. The number of nitrogens with two attached hydrogens (primary N) is 1. The van der Waals surface area contributed by atoms with E-state index in [4.69, 9.17) is 5.73 Å². The number of imidazole rings is 1. The number of aryl methyl sites for hydroxylation is 1. The van der Waals surface area contributed by atoms with E-state index in [1.54, 1.807) is 18.3 Å². The molecule has 0 aliphatic rings. The van der Waals surface area contributed by atoms with E-state index in [1.807, 2.05) is 16.7 Å². The number of pyridine rings is 1. The summed E-state index contributed by atoms with van der Waals surface area (Å²) in [6.45, 7) is 2.90. The van der Waals surface area contributed by atoms with Crippen molar-refractivity contribution in [2.75, 3.05) is 5.73 Å². The molecule has 0 atom stereocenters. The van der Waals surface area contributed by atoms with Gasteiger partial charge in [-0.1, -0.05) is 6.92 Å². The molecular formula is C15H15FN4. The lowest BCUT2D eigenvalue weighted by Gasteiger charge is -2.08. The number of nitrogen functional groups attached to an aromatic ring is 1. The SMILES string of the molecule is CCCn1c(-c2ccc(F)c(N)c2)nc2cccnc21. The fraction of sp³-hybridized carbons (Fsp3) is 0.200. The zero-order chi connectivity index (χ0) is 14.1. The summed E-state index contributed by atoms with van der Waals surface area (Å²) in [5.41, 5.74) is 8.25. The van der Waals surface area contributed by atoms with Crippen LogP contribution in [0.5, 0.6) is 0 Å². The van der Waals surface area contributed by atoms with Crippen molar-refractivity contribution in [3.63, 3.8) is 0 Å². The van der Waals surface area contributed by atoms with Gasteiger partial charge in [0.05, 0.1) is 5.69 Å². The smallest absolute Gasteiger partial charge is 0.160 e. The lowest BCUT2D eigenvalue weighted by Crippen LogP contribution is -2.01. The van der Waals surface area contributed by atoms with Gasteiger partial charge in [0, 0.05) is 18.3 Å². The Morgan fingerprint density at radius 1 is 1.30 bits per heavy atom. The first-order valence-corrected chi connectivity index (χ1v) is 6.57. The monoisotopic (exact) mass is 270 g/mol. The molecule has 0 fully saturated rings. The number of anilines is 1. The molecule has 0 spiro atoms. The fourth-order valence-corrected chi connectivity index (χ4v) is 2.30. The normalized spacial score (nSPS) is 11.1. The summed E-state index contributed by atoms with van der Waals surface area (Å²) in [5, 5.41) is 0. The third-order valence-electron chi connectivity index (χ3n) is 3.21. The van der Waals surface area contributed by atoms with E-state index in [1.165, 1.54) is 6.07 Å². The topological polar surface area (TPSA) is 56.7 Å². The molecule has 2 heterocycles. The average molecular weight is 270 g/mol. The van der Waals surface area contributed by atoms with E-state index in [0.717, 1.165) is 35.5 Å². The molecule has 5 heteroatoms. The molecule has 0 aliphatic carbocycles. The zero-order valence-electron chi connectivity index (χ0n) is 11.2. The van der Waals surface area contributed by atoms with Gasteiger partial charge in [-0.2, -0.15) is 0 Å². The first kappa shape index (κ1) is 12.6. The van der Waals surface area contributed by atoms with Crippen LogP contribution in [0.4, 0.5) is 10.1 Å². The summed E-state index contributed by atoms with van der Waals surface area (Å²) < 4.78 is 15.3. The lowest BCUT2D eigenvalue weighted by molar-refractivity contribution is 0.632. The maximum atomic E-state index is 13.3. The molecule has 3 aromatic rings. The molecular weight excluding hydrogens is 255 g/mol. The maximum Gasteiger partial charge on any atom is 0.160 e. The zero-order valence-corrected chi connectivity index (χ0v) is 11.2. The van der Waals surface area contributed by atoms with Crippen LogP contribution in [0, 0.1) is 5.82 Å². The molecule has 0 unspecified atom stereocenters. The molecule has 3 rings (SSSR count). The van der Waals surface area contributed by atoms with Crippen molar-refractivity contribution in [1.82, 2.24) is 14.5 Å². The van der Waals surface area contributed by atoms with Gasteiger partial charge in [0.1, 0.15) is 17.2 Å². The second-order valence-electron chi connectivity index (χ2n) is 4.67. The summed E-state index contributed by atoms with van der Waals surface area (Å²) >= 11 is 0. The Kier molecular flexibility index (Phi) is 3.10. The fourth-order valence-electron chi connectivity index (χ4n) is 2.30. The third kappa shape index (κ3) is 2.01. The summed E-state index contributed by atoms with van der Waals surface area (Å²) in [6, 6.07) is 8.45. The minimum absolute atomic E-state index is 0.130. The molecule has 1 aromatic carbocycles. The summed E-state index contributed by atoms with van der Waals surface area (Å²) in [6.07, 6.45) is 2.71. The van der Waals surface area contributed by atoms with E-state index in [-0.39, 0.29) is 5.69 Å². The van der Waals surface area contributed by atoms with Gasteiger partial charge < -0.3 is 10.3 Å². The highest BCUT2D eigenvalue weighted by Gasteiger charge is 2.13. The molecule has 20 heavy (non-hydrogen) atoms. The van der Waals surface area contributed by atoms with Gasteiger partial charge in [-0.15, -0.1) is 0 Å². The Morgan fingerprint density at radius 2 is 2.15 bits per heavy atom. The van der Waals surface area contributed by atoms with E-state index in [2.05, 4.69) is 16.9 Å². The molecule has 2 aromatic heterocycles. The number of halogens is 1. The van der Waals surface area contributed by atoms with E-state index >= 15 is 0 Å². The predicted molar refractivity (Wildman–Crippen MR) is 77.6 cm³/mol. The van der Waals surface area contributed by atoms with E-state index < -0.39 is 5.82 Å². The standard InChI is InChI=1S/C15H15FN4/c1-2-8-20-14(10-5-6-11(16)12(17)9-10)19-13-4-3-7-18-15(13)20/h3-7,9H,2,8,17H2,1H3. The van der Waals surface area contributed by atoms with Crippen LogP contribution < -0.4 is 5.73 Å². The summed E-state index contributed by atoms with van der Waals surface area (Å²) in [4.78, 5) is 8.98. The van der Waals surface area contributed by atoms with E-state index in [0.29, 0.717) is 0 Å². The number of aromatic nitrogens is 3. The maximum absolute atomic E-state index is 13.3. The largest absolute Gasteiger partial charge is 0.396 e. The van der Waals surface area contributed by atoms with Crippen LogP contribution in [0.25, 0.3) is 22.6 Å². The van der Waals surface area contributed by atoms with E-state index in [9.17, 15) is 4.39 Å². The van der Waals surface area contributed by atoms with Crippen molar-refractivity contribution < 1.29 is 4.39 Å². The summed E-state index contributed by atoms with van der Waals surface area (Å²) in [7, 11) is 0. The molecule has 4 nitrogen and oxygen atoms in total. The highest BCUT2D eigenvalue weighted by atomic mass is 19.1. The van der Waals surface area contributed by atoms with Gasteiger partial charge in [0.15, 0.2) is 5.65 Å². The lowest BCUT2D eigenvalue weighted by atomic mass is 10.2. The van der Waals surface area contributed by atoms with Gasteiger partial charge in [0.2, 0.25) is 0 Å². The number of hydrogen-bond donors (Lipinski definition) is 1. The van der Waals surface area contributed by atoms with Crippen molar-refractivity contribution in [3.8, 4) is 11.4 Å².